The summed E-state index contributed by atoms with van der Waals surface area (Å²) in [4.78, 5) is 14.6. The Labute approximate surface area is 125 Å². The molecule has 20 heavy (non-hydrogen) atoms. The molecule has 0 unspecified atom stereocenters. The van der Waals surface area contributed by atoms with Gasteiger partial charge in [0.05, 0.1) is 5.56 Å². The number of likely N-dealkylation sites (tertiary alicyclic amines) is 1. The topological polar surface area (TPSA) is 44.4 Å². The first-order chi connectivity index (χ1) is 9.70. The van der Waals surface area contributed by atoms with Crippen LogP contribution in [-0.4, -0.2) is 43.5 Å². The molecule has 0 atom stereocenters. The largest absolute Gasteiger partial charge is 0.385 e. The second kappa shape index (κ2) is 7.50. The number of amides is 1. The SMILES string of the molecule is CCNc1ccc(Cl)cc1C(=O)NCCN1CCCC1. The molecule has 0 aromatic heterocycles. The van der Waals surface area contributed by atoms with Gasteiger partial charge in [-0.15, -0.1) is 0 Å². The fourth-order valence-electron chi connectivity index (χ4n) is 2.48. The number of rotatable bonds is 6. The monoisotopic (exact) mass is 295 g/mol. The van der Waals surface area contributed by atoms with Crippen LogP contribution in [-0.2, 0) is 0 Å². The Morgan fingerprint density at radius 3 is 2.80 bits per heavy atom. The third kappa shape index (κ3) is 4.12. The predicted molar refractivity (Wildman–Crippen MR) is 83.6 cm³/mol. The van der Waals surface area contributed by atoms with Crippen LogP contribution < -0.4 is 10.6 Å². The van der Waals surface area contributed by atoms with Gasteiger partial charge >= 0.3 is 0 Å². The molecule has 0 radical (unpaired) electrons. The highest BCUT2D eigenvalue weighted by molar-refractivity contribution is 6.31. The number of benzene rings is 1. The van der Waals surface area contributed by atoms with Crippen LogP contribution in [0.4, 0.5) is 5.69 Å². The van der Waals surface area contributed by atoms with Crippen LogP contribution in [0.2, 0.25) is 5.02 Å². The lowest BCUT2D eigenvalue weighted by atomic mass is 10.1. The first-order valence-electron chi connectivity index (χ1n) is 7.24. The molecule has 1 aromatic rings. The van der Waals surface area contributed by atoms with Gasteiger partial charge in [0.15, 0.2) is 0 Å². The van der Waals surface area contributed by atoms with Crippen molar-refractivity contribution in [2.45, 2.75) is 19.8 Å². The summed E-state index contributed by atoms with van der Waals surface area (Å²) in [5, 5.41) is 6.74. The number of nitrogens with one attached hydrogen (secondary N) is 2. The summed E-state index contributed by atoms with van der Waals surface area (Å²) in [6.07, 6.45) is 2.54. The van der Waals surface area contributed by atoms with Crippen molar-refractivity contribution in [2.24, 2.45) is 0 Å². The molecule has 4 nitrogen and oxygen atoms in total. The molecule has 0 bridgehead atoms. The summed E-state index contributed by atoms with van der Waals surface area (Å²) in [5.41, 5.74) is 1.44. The summed E-state index contributed by atoms with van der Waals surface area (Å²) >= 11 is 5.98. The Hall–Kier alpha value is -1.26. The van der Waals surface area contributed by atoms with Gasteiger partial charge in [0.2, 0.25) is 0 Å². The first-order valence-corrected chi connectivity index (χ1v) is 7.62. The van der Waals surface area contributed by atoms with E-state index in [0.29, 0.717) is 17.1 Å². The van der Waals surface area contributed by atoms with Crippen molar-refractivity contribution in [3.8, 4) is 0 Å². The molecule has 0 spiro atoms. The van der Waals surface area contributed by atoms with Crippen LogP contribution >= 0.6 is 11.6 Å². The molecule has 2 N–H and O–H groups in total. The molecular formula is C15H22ClN3O. The van der Waals surface area contributed by atoms with E-state index in [-0.39, 0.29) is 5.91 Å². The fourth-order valence-corrected chi connectivity index (χ4v) is 2.65. The highest BCUT2D eigenvalue weighted by Gasteiger charge is 2.14. The maximum Gasteiger partial charge on any atom is 0.253 e. The molecule has 1 aliphatic heterocycles. The van der Waals surface area contributed by atoms with Gasteiger partial charge in [0.1, 0.15) is 0 Å². The zero-order valence-electron chi connectivity index (χ0n) is 11.9. The van der Waals surface area contributed by atoms with Gasteiger partial charge in [0, 0.05) is 30.3 Å². The van der Waals surface area contributed by atoms with Crippen molar-refractivity contribution in [3.63, 3.8) is 0 Å². The Kier molecular flexibility index (Phi) is 5.68. The minimum Gasteiger partial charge on any atom is -0.385 e. The van der Waals surface area contributed by atoms with E-state index in [1.54, 1.807) is 12.1 Å². The molecule has 5 heteroatoms. The minimum atomic E-state index is -0.0670. The van der Waals surface area contributed by atoms with Gasteiger partial charge in [-0.25, -0.2) is 0 Å². The third-order valence-corrected chi connectivity index (χ3v) is 3.74. The van der Waals surface area contributed by atoms with Crippen molar-refractivity contribution in [2.75, 3.05) is 38.0 Å². The zero-order chi connectivity index (χ0) is 14.4. The van der Waals surface area contributed by atoms with Crippen LogP contribution in [0.5, 0.6) is 0 Å². The molecule has 1 saturated heterocycles. The van der Waals surface area contributed by atoms with E-state index in [1.807, 2.05) is 13.0 Å². The van der Waals surface area contributed by atoms with Crippen LogP contribution in [0.15, 0.2) is 18.2 Å². The highest BCUT2D eigenvalue weighted by atomic mass is 35.5. The van der Waals surface area contributed by atoms with Crippen molar-refractivity contribution in [3.05, 3.63) is 28.8 Å². The lowest BCUT2D eigenvalue weighted by Crippen LogP contribution is -2.33. The molecule has 1 fully saturated rings. The quantitative estimate of drug-likeness (QED) is 0.848. The number of nitrogens with zero attached hydrogens (tertiary/aromatic N) is 1. The molecule has 2 rings (SSSR count). The summed E-state index contributed by atoms with van der Waals surface area (Å²) in [6, 6.07) is 5.35. The fraction of sp³-hybridized carbons (Fsp3) is 0.533. The average Bonchev–Trinajstić information content (AvgIpc) is 2.94. The van der Waals surface area contributed by atoms with Gasteiger partial charge < -0.3 is 15.5 Å². The van der Waals surface area contributed by atoms with E-state index in [1.165, 1.54) is 12.8 Å². The second-order valence-corrected chi connectivity index (χ2v) is 5.46. The molecule has 1 heterocycles. The molecule has 0 aliphatic carbocycles. The van der Waals surface area contributed by atoms with Crippen molar-refractivity contribution >= 4 is 23.2 Å². The molecule has 1 aromatic carbocycles. The lowest BCUT2D eigenvalue weighted by molar-refractivity contribution is 0.0950. The molecular weight excluding hydrogens is 274 g/mol. The Morgan fingerprint density at radius 1 is 1.35 bits per heavy atom. The van der Waals surface area contributed by atoms with Gasteiger partial charge in [-0.05, 0) is 51.1 Å². The van der Waals surface area contributed by atoms with Crippen LogP contribution in [0, 0.1) is 0 Å². The Balaban J connectivity index is 1.91. The zero-order valence-corrected chi connectivity index (χ0v) is 12.7. The summed E-state index contributed by atoms with van der Waals surface area (Å²) in [6.45, 7) is 6.67. The maximum atomic E-state index is 12.2. The minimum absolute atomic E-state index is 0.0670. The van der Waals surface area contributed by atoms with Gasteiger partial charge in [-0.3, -0.25) is 4.79 Å². The standard InChI is InChI=1S/C15H22ClN3O/c1-2-17-14-6-5-12(16)11-13(14)15(20)18-7-10-19-8-3-4-9-19/h5-6,11,17H,2-4,7-10H2,1H3,(H,18,20). The summed E-state index contributed by atoms with van der Waals surface area (Å²) in [7, 11) is 0. The molecule has 0 saturated carbocycles. The van der Waals surface area contributed by atoms with Crippen LogP contribution in [0.3, 0.4) is 0 Å². The Bertz CT molecular complexity index is 458. The number of hydrogen-bond acceptors (Lipinski definition) is 3. The predicted octanol–water partition coefficient (Wildman–Crippen LogP) is 2.60. The van der Waals surface area contributed by atoms with Crippen LogP contribution in [0.1, 0.15) is 30.1 Å². The van der Waals surface area contributed by atoms with Crippen molar-refractivity contribution in [1.29, 1.82) is 0 Å². The van der Waals surface area contributed by atoms with Gasteiger partial charge in [-0.2, -0.15) is 0 Å². The van der Waals surface area contributed by atoms with E-state index in [2.05, 4.69) is 15.5 Å². The number of anilines is 1. The van der Waals surface area contributed by atoms with Gasteiger partial charge in [0.25, 0.3) is 5.91 Å². The maximum absolute atomic E-state index is 12.2. The Morgan fingerprint density at radius 2 is 2.10 bits per heavy atom. The van der Waals surface area contributed by atoms with E-state index >= 15 is 0 Å². The summed E-state index contributed by atoms with van der Waals surface area (Å²) in [5.74, 6) is -0.0670. The van der Waals surface area contributed by atoms with E-state index in [9.17, 15) is 4.79 Å². The van der Waals surface area contributed by atoms with Gasteiger partial charge in [-0.1, -0.05) is 11.6 Å². The summed E-state index contributed by atoms with van der Waals surface area (Å²) < 4.78 is 0. The number of carbonyl (C=O) groups is 1. The van der Waals surface area contributed by atoms with Crippen molar-refractivity contribution in [1.82, 2.24) is 10.2 Å². The third-order valence-electron chi connectivity index (χ3n) is 3.51. The normalized spacial score (nSPS) is 15.3. The molecule has 1 aliphatic rings. The number of hydrogen-bond donors (Lipinski definition) is 2. The highest BCUT2D eigenvalue weighted by Crippen LogP contribution is 2.20. The number of halogens is 1. The van der Waals surface area contributed by atoms with Crippen molar-refractivity contribution < 1.29 is 4.79 Å². The van der Waals surface area contributed by atoms with E-state index in [0.717, 1.165) is 31.9 Å². The second-order valence-electron chi connectivity index (χ2n) is 5.02. The van der Waals surface area contributed by atoms with E-state index < -0.39 is 0 Å². The molecule has 1 amide bonds. The lowest BCUT2D eigenvalue weighted by Gasteiger charge is -2.16. The molecule has 110 valence electrons. The average molecular weight is 296 g/mol. The van der Waals surface area contributed by atoms with E-state index in [4.69, 9.17) is 11.6 Å². The first kappa shape index (κ1) is 15.1. The smallest absolute Gasteiger partial charge is 0.253 e. The van der Waals surface area contributed by atoms with Crippen LogP contribution in [0.25, 0.3) is 0 Å². The number of carbonyl (C=O) groups excluding carboxylic acids is 1.